The second-order valence-corrected chi connectivity index (χ2v) is 5.89. The van der Waals surface area contributed by atoms with Gasteiger partial charge in [-0.2, -0.15) is 0 Å². The van der Waals surface area contributed by atoms with Gasteiger partial charge in [-0.05, 0) is 19.8 Å². The Morgan fingerprint density at radius 3 is 2.67 bits per heavy atom. The van der Waals surface area contributed by atoms with Crippen LogP contribution in [0.1, 0.15) is 32.5 Å². The first kappa shape index (κ1) is 15.1. The minimum Gasteiger partial charge on any atom is -0.395 e. The van der Waals surface area contributed by atoms with E-state index < -0.39 is 16.1 Å². The Morgan fingerprint density at radius 2 is 2.17 bits per heavy atom. The highest BCUT2D eigenvalue weighted by molar-refractivity contribution is 7.89. The molecule has 7 heteroatoms. The van der Waals surface area contributed by atoms with E-state index in [1.54, 1.807) is 6.92 Å². The maximum absolute atomic E-state index is 12.0. The fourth-order valence-corrected chi connectivity index (χ4v) is 2.92. The van der Waals surface area contributed by atoms with Gasteiger partial charge in [0.2, 0.25) is 0 Å². The molecule has 0 aliphatic rings. The predicted molar refractivity (Wildman–Crippen MR) is 68.7 cm³/mol. The van der Waals surface area contributed by atoms with Gasteiger partial charge in [0.05, 0.1) is 6.61 Å². The number of imidazole rings is 1. The van der Waals surface area contributed by atoms with Gasteiger partial charge in [-0.1, -0.05) is 13.8 Å². The second-order valence-electron chi connectivity index (χ2n) is 4.23. The number of sulfonamides is 1. The lowest BCUT2D eigenvalue weighted by Crippen LogP contribution is -2.37. The van der Waals surface area contributed by atoms with Gasteiger partial charge in [0.15, 0.2) is 5.03 Å². The summed E-state index contributed by atoms with van der Waals surface area (Å²) in [6, 6.07) is -0.466. The lowest BCUT2D eigenvalue weighted by Gasteiger charge is -2.12. The van der Waals surface area contributed by atoms with Crippen LogP contribution < -0.4 is 4.72 Å². The molecular weight excluding hydrogens is 254 g/mol. The highest BCUT2D eigenvalue weighted by atomic mass is 32.2. The van der Waals surface area contributed by atoms with Gasteiger partial charge in [0.25, 0.3) is 10.0 Å². The van der Waals surface area contributed by atoms with E-state index >= 15 is 0 Å². The largest absolute Gasteiger partial charge is 0.395 e. The Hall–Kier alpha value is -0.920. The zero-order chi connectivity index (χ0) is 13.8. The monoisotopic (exact) mass is 275 g/mol. The molecule has 1 aromatic heterocycles. The van der Waals surface area contributed by atoms with Crippen molar-refractivity contribution in [2.24, 2.45) is 0 Å². The summed E-state index contributed by atoms with van der Waals surface area (Å²) in [5, 5.41) is 9.04. The zero-order valence-electron chi connectivity index (χ0n) is 11.0. The summed E-state index contributed by atoms with van der Waals surface area (Å²) in [7, 11) is -3.65. The third kappa shape index (κ3) is 3.54. The maximum Gasteiger partial charge on any atom is 0.259 e. The quantitative estimate of drug-likeness (QED) is 0.765. The molecule has 0 bridgehead atoms. The van der Waals surface area contributed by atoms with Crippen molar-refractivity contribution in [1.82, 2.24) is 14.3 Å². The lowest BCUT2D eigenvalue weighted by molar-refractivity contribution is 0.253. The number of aliphatic hydroxyl groups excluding tert-OH is 1. The topological polar surface area (TPSA) is 84.2 Å². The van der Waals surface area contributed by atoms with Crippen LogP contribution in [0.25, 0.3) is 0 Å². The molecule has 1 rings (SSSR count). The molecule has 104 valence electrons. The van der Waals surface area contributed by atoms with Crippen LogP contribution in [0.15, 0.2) is 11.2 Å². The van der Waals surface area contributed by atoms with Crippen molar-refractivity contribution in [3.05, 3.63) is 12.0 Å². The SMILES string of the molecule is CCCn1cc(S(=O)(=O)N[C@@H](CC)CO)nc1C. The standard InChI is InChI=1S/C11H21N3O3S/c1-4-6-14-7-11(12-9(14)3)18(16,17)13-10(5-2)8-15/h7,10,13,15H,4-6,8H2,1-3H3/t10-/m0/s1. The summed E-state index contributed by atoms with van der Waals surface area (Å²) >= 11 is 0. The van der Waals surface area contributed by atoms with E-state index in [0.29, 0.717) is 12.2 Å². The zero-order valence-corrected chi connectivity index (χ0v) is 11.9. The highest BCUT2D eigenvalue weighted by Crippen LogP contribution is 2.10. The van der Waals surface area contributed by atoms with Crippen LogP contribution in [0, 0.1) is 6.92 Å². The number of hydrogen-bond donors (Lipinski definition) is 2. The first-order valence-electron chi connectivity index (χ1n) is 6.11. The third-order valence-electron chi connectivity index (χ3n) is 2.73. The smallest absolute Gasteiger partial charge is 0.259 e. The molecule has 1 heterocycles. The molecule has 1 aromatic rings. The van der Waals surface area contributed by atoms with Crippen molar-refractivity contribution in [3.8, 4) is 0 Å². The molecule has 0 aromatic carbocycles. The fourth-order valence-electron chi connectivity index (χ4n) is 1.61. The Balaban J connectivity index is 2.94. The van der Waals surface area contributed by atoms with E-state index in [0.717, 1.165) is 13.0 Å². The molecule has 2 N–H and O–H groups in total. The van der Waals surface area contributed by atoms with E-state index in [-0.39, 0.29) is 11.6 Å². The van der Waals surface area contributed by atoms with Gasteiger partial charge in [0.1, 0.15) is 5.82 Å². The summed E-state index contributed by atoms with van der Waals surface area (Å²) in [4.78, 5) is 4.05. The van der Waals surface area contributed by atoms with Gasteiger partial charge in [-0.25, -0.2) is 18.1 Å². The minimum atomic E-state index is -3.65. The van der Waals surface area contributed by atoms with Gasteiger partial charge in [-0.15, -0.1) is 0 Å². The molecule has 0 fully saturated rings. The summed E-state index contributed by atoms with van der Waals surface area (Å²) in [6.45, 7) is 6.13. The Kier molecular flexibility index (Phi) is 5.30. The number of rotatable bonds is 7. The second kappa shape index (κ2) is 6.31. The number of nitrogens with one attached hydrogen (secondary N) is 1. The predicted octanol–water partition coefficient (Wildman–Crippen LogP) is 0.651. The first-order chi connectivity index (χ1) is 8.44. The first-order valence-corrected chi connectivity index (χ1v) is 7.59. The molecule has 0 unspecified atom stereocenters. The van der Waals surface area contributed by atoms with Gasteiger partial charge in [0, 0.05) is 18.8 Å². The van der Waals surface area contributed by atoms with E-state index in [1.165, 1.54) is 6.20 Å². The molecule has 0 aliphatic heterocycles. The van der Waals surface area contributed by atoms with E-state index in [9.17, 15) is 8.42 Å². The number of aryl methyl sites for hydroxylation is 2. The number of aromatic nitrogens is 2. The van der Waals surface area contributed by atoms with Crippen LogP contribution in [-0.4, -0.2) is 35.7 Å². The van der Waals surface area contributed by atoms with Gasteiger partial charge >= 0.3 is 0 Å². The van der Waals surface area contributed by atoms with Gasteiger partial charge in [-0.3, -0.25) is 0 Å². The molecule has 0 amide bonds. The van der Waals surface area contributed by atoms with Crippen LogP contribution in [-0.2, 0) is 16.6 Å². The molecule has 1 atom stereocenters. The van der Waals surface area contributed by atoms with Crippen LogP contribution in [0.2, 0.25) is 0 Å². The highest BCUT2D eigenvalue weighted by Gasteiger charge is 2.22. The van der Waals surface area contributed by atoms with E-state index in [4.69, 9.17) is 5.11 Å². The summed E-state index contributed by atoms with van der Waals surface area (Å²) < 4.78 is 28.3. The van der Waals surface area contributed by atoms with Crippen molar-refractivity contribution >= 4 is 10.0 Å². The summed E-state index contributed by atoms with van der Waals surface area (Å²) in [5.74, 6) is 0.675. The molecular formula is C11H21N3O3S. The number of hydrogen-bond acceptors (Lipinski definition) is 4. The average molecular weight is 275 g/mol. The molecule has 0 saturated heterocycles. The Bertz CT molecular complexity index is 478. The molecule has 6 nitrogen and oxygen atoms in total. The van der Waals surface area contributed by atoms with Crippen molar-refractivity contribution in [1.29, 1.82) is 0 Å². The van der Waals surface area contributed by atoms with Crippen molar-refractivity contribution in [2.75, 3.05) is 6.61 Å². The number of aliphatic hydroxyl groups is 1. The Morgan fingerprint density at radius 1 is 1.50 bits per heavy atom. The fraction of sp³-hybridized carbons (Fsp3) is 0.727. The Labute approximate surface area is 108 Å². The van der Waals surface area contributed by atoms with E-state index in [1.807, 2.05) is 18.4 Å². The van der Waals surface area contributed by atoms with Crippen molar-refractivity contribution in [2.45, 2.75) is 51.2 Å². The molecule has 0 aliphatic carbocycles. The van der Waals surface area contributed by atoms with Crippen LogP contribution >= 0.6 is 0 Å². The van der Waals surface area contributed by atoms with E-state index in [2.05, 4.69) is 9.71 Å². The number of nitrogens with zero attached hydrogens (tertiary/aromatic N) is 2. The lowest BCUT2D eigenvalue weighted by atomic mass is 10.3. The average Bonchev–Trinajstić information content (AvgIpc) is 2.69. The summed E-state index contributed by atoms with van der Waals surface area (Å²) in [6.07, 6.45) is 2.98. The van der Waals surface area contributed by atoms with Gasteiger partial charge < -0.3 is 9.67 Å². The van der Waals surface area contributed by atoms with Crippen LogP contribution in [0.4, 0.5) is 0 Å². The van der Waals surface area contributed by atoms with Crippen LogP contribution in [0.3, 0.4) is 0 Å². The van der Waals surface area contributed by atoms with Crippen molar-refractivity contribution in [3.63, 3.8) is 0 Å². The van der Waals surface area contributed by atoms with Crippen molar-refractivity contribution < 1.29 is 13.5 Å². The van der Waals surface area contributed by atoms with Crippen LogP contribution in [0.5, 0.6) is 0 Å². The molecule has 18 heavy (non-hydrogen) atoms. The minimum absolute atomic E-state index is 0.0142. The third-order valence-corrected chi connectivity index (χ3v) is 4.12. The molecule has 0 spiro atoms. The summed E-state index contributed by atoms with van der Waals surface area (Å²) in [5.41, 5.74) is 0. The normalized spacial score (nSPS) is 13.8. The molecule has 0 saturated carbocycles. The maximum atomic E-state index is 12.0. The molecule has 0 radical (unpaired) electrons.